The van der Waals surface area contributed by atoms with Gasteiger partial charge >= 0.3 is 0 Å². The fraction of sp³-hybridized carbons (Fsp3) is 0.125. The largest absolute Gasteiger partial charge is 0.497 e. The van der Waals surface area contributed by atoms with Crippen LogP contribution in [0.2, 0.25) is 0 Å². The molecule has 0 saturated carbocycles. The first-order valence-electron chi connectivity index (χ1n) is 9.98. The van der Waals surface area contributed by atoms with Crippen molar-refractivity contribution in [3.63, 3.8) is 0 Å². The summed E-state index contributed by atoms with van der Waals surface area (Å²) in [4.78, 5) is 12.3. The van der Waals surface area contributed by atoms with Crippen LogP contribution in [0.15, 0.2) is 76.5 Å². The number of hydrogen-bond donors (Lipinski definition) is 1. The lowest BCUT2D eigenvalue weighted by Gasteiger charge is -2.11. The Morgan fingerprint density at radius 3 is 2.48 bits per heavy atom. The molecule has 2 aromatic heterocycles. The average molecular weight is 483 g/mol. The van der Waals surface area contributed by atoms with E-state index in [9.17, 15) is 13.2 Å². The minimum Gasteiger partial charge on any atom is -0.497 e. The van der Waals surface area contributed by atoms with Gasteiger partial charge in [0.1, 0.15) is 15.7 Å². The second-order valence-corrected chi connectivity index (χ2v) is 10.0. The van der Waals surface area contributed by atoms with E-state index in [4.69, 9.17) is 9.47 Å². The third-order valence-electron chi connectivity index (χ3n) is 4.99. The zero-order chi connectivity index (χ0) is 23.4. The number of methoxy groups -OCH3 is 2. The summed E-state index contributed by atoms with van der Waals surface area (Å²) in [6.07, 6.45) is 4.81. The Bertz CT molecular complexity index is 1400. The maximum absolute atomic E-state index is 12.3. The lowest BCUT2D eigenvalue weighted by atomic mass is 10.1. The van der Waals surface area contributed by atoms with E-state index >= 15 is 0 Å². The number of nitrogens with one attached hydrogen (secondary N) is 1. The molecule has 0 atom stereocenters. The number of carbonyl (C=O) groups is 1. The molecule has 170 valence electrons. The molecule has 1 amide bonds. The molecule has 0 aliphatic carbocycles. The molecule has 2 aromatic carbocycles. The van der Waals surface area contributed by atoms with E-state index in [1.807, 2.05) is 48.7 Å². The number of nitrogens with zero attached hydrogens (tertiary/aromatic N) is 1. The Labute approximate surface area is 195 Å². The van der Waals surface area contributed by atoms with E-state index in [0.717, 1.165) is 33.4 Å². The molecule has 1 N–H and O–H groups in total. The Balaban J connectivity index is 1.61. The van der Waals surface area contributed by atoms with Crippen molar-refractivity contribution < 1.29 is 22.7 Å². The third kappa shape index (κ3) is 5.10. The van der Waals surface area contributed by atoms with E-state index in [-0.39, 0.29) is 4.21 Å². The topological polar surface area (TPSA) is 86.6 Å². The van der Waals surface area contributed by atoms with E-state index in [2.05, 4.69) is 9.29 Å². The van der Waals surface area contributed by atoms with Crippen LogP contribution in [-0.4, -0.2) is 33.1 Å². The lowest BCUT2D eigenvalue weighted by molar-refractivity contribution is -0.114. The number of aromatic nitrogens is 1. The summed E-state index contributed by atoms with van der Waals surface area (Å²) in [5.74, 6) is 0.685. The average Bonchev–Trinajstić information content (AvgIpc) is 3.48. The molecular formula is C24H22N2O5S2. The van der Waals surface area contributed by atoms with Crippen LogP contribution in [0.4, 0.5) is 0 Å². The lowest BCUT2D eigenvalue weighted by Crippen LogP contribution is -2.28. The molecule has 0 radical (unpaired) electrons. The molecule has 7 nitrogen and oxygen atoms in total. The Morgan fingerprint density at radius 1 is 1.06 bits per heavy atom. The van der Waals surface area contributed by atoms with Crippen molar-refractivity contribution in [1.82, 2.24) is 9.29 Å². The van der Waals surface area contributed by atoms with E-state index in [1.165, 1.54) is 12.1 Å². The van der Waals surface area contributed by atoms with Crippen molar-refractivity contribution in [3.05, 3.63) is 83.4 Å². The van der Waals surface area contributed by atoms with Crippen molar-refractivity contribution in [2.45, 2.75) is 10.8 Å². The maximum Gasteiger partial charge on any atom is 0.273 e. The second kappa shape index (κ2) is 9.51. The van der Waals surface area contributed by atoms with E-state index in [0.29, 0.717) is 18.0 Å². The van der Waals surface area contributed by atoms with Crippen LogP contribution in [0.1, 0.15) is 11.1 Å². The van der Waals surface area contributed by atoms with Gasteiger partial charge in [0.15, 0.2) is 0 Å². The van der Waals surface area contributed by atoms with Crippen LogP contribution in [-0.2, 0) is 21.4 Å². The van der Waals surface area contributed by atoms with Gasteiger partial charge in [-0.3, -0.25) is 4.79 Å². The first-order chi connectivity index (χ1) is 15.9. The van der Waals surface area contributed by atoms with Crippen LogP contribution in [0.5, 0.6) is 11.5 Å². The normalized spacial score (nSPS) is 11.7. The van der Waals surface area contributed by atoms with Gasteiger partial charge in [0, 0.05) is 30.3 Å². The number of para-hydroxylation sites is 1. The number of rotatable bonds is 8. The molecule has 0 aliphatic rings. The Hall–Kier alpha value is -3.56. The number of benzene rings is 2. The monoisotopic (exact) mass is 482 g/mol. The van der Waals surface area contributed by atoms with Crippen molar-refractivity contribution in [2.75, 3.05) is 14.2 Å². The molecule has 0 aliphatic heterocycles. The quantitative estimate of drug-likeness (QED) is 0.379. The molecule has 0 saturated heterocycles. The van der Waals surface area contributed by atoms with Crippen molar-refractivity contribution in [1.29, 1.82) is 0 Å². The fourth-order valence-electron chi connectivity index (χ4n) is 3.51. The molecule has 0 spiro atoms. The predicted octanol–water partition coefficient (Wildman–Crippen LogP) is 4.29. The zero-order valence-electron chi connectivity index (χ0n) is 18.0. The van der Waals surface area contributed by atoms with Crippen molar-refractivity contribution >= 4 is 44.2 Å². The number of carbonyl (C=O) groups excluding carboxylic acids is 1. The van der Waals surface area contributed by atoms with Gasteiger partial charge in [-0.25, -0.2) is 13.1 Å². The number of thiophene rings is 1. The van der Waals surface area contributed by atoms with Gasteiger partial charge < -0.3 is 14.0 Å². The summed E-state index contributed by atoms with van der Waals surface area (Å²) in [6, 6.07) is 16.5. The Morgan fingerprint density at radius 2 is 1.82 bits per heavy atom. The molecule has 4 aromatic rings. The van der Waals surface area contributed by atoms with Gasteiger partial charge in [-0.1, -0.05) is 24.3 Å². The Kier molecular flexibility index (Phi) is 6.52. The first-order valence-corrected chi connectivity index (χ1v) is 12.3. The maximum atomic E-state index is 12.3. The summed E-state index contributed by atoms with van der Waals surface area (Å²) in [5.41, 5.74) is 2.70. The molecule has 33 heavy (non-hydrogen) atoms. The van der Waals surface area contributed by atoms with Crippen LogP contribution in [0.25, 0.3) is 17.0 Å². The highest BCUT2D eigenvalue weighted by Gasteiger charge is 2.17. The molecule has 0 bridgehead atoms. The van der Waals surface area contributed by atoms with E-state index in [1.54, 1.807) is 31.7 Å². The van der Waals surface area contributed by atoms with Gasteiger partial charge in [-0.15, -0.1) is 11.3 Å². The molecule has 0 unspecified atom stereocenters. The predicted molar refractivity (Wildman–Crippen MR) is 129 cm³/mol. The first kappa shape index (κ1) is 22.6. The van der Waals surface area contributed by atoms with Gasteiger partial charge in [0.25, 0.3) is 15.9 Å². The van der Waals surface area contributed by atoms with Gasteiger partial charge in [0.05, 0.1) is 19.7 Å². The van der Waals surface area contributed by atoms with Gasteiger partial charge in [-0.2, -0.15) is 0 Å². The smallest absolute Gasteiger partial charge is 0.273 e. The number of amides is 1. The minimum absolute atomic E-state index is 0.0916. The van der Waals surface area contributed by atoms with Crippen LogP contribution < -0.4 is 14.2 Å². The summed E-state index contributed by atoms with van der Waals surface area (Å²) in [5, 5.41) is 2.64. The van der Waals surface area contributed by atoms with Crippen LogP contribution >= 0.6 is 11.3 Å². The summed E-state index contributed by atoms with van der Waals surface area (Å²) in [6.45, 7) is 0.556. The van der Waals surface area contributed by atoms with Gasteiger partial charge in [-0.05, 0) is 46.8 Å². The third-order valence-corrected chi connectivity index (χ3v) is 7.74. The number of ether oxygens (including phenoxy) is 2. The summed E-state index contributed by atoms with van der Waals surface area (Å²) in [7, 11) is -0.661. The van der Waals surface area contributed by atoms with Crippen LogP contribution in [0.3, 0.4) is 0 Å². The molecule has 9 heteroatoms. The fourth-order valence-corrected chi connectivity index (χ4v) is 5.45. The highest BCUT2D eigenvalue weighted by molar-refractivity contribution is 7.92. The van der Waals surface area contributed by atoms with Gasteiger partial charge in [0.2, 0.25) is 0 Å². The zero-order valence-corrected chi connectivity index (χ0v) is 19.7. The summed E-state index contributed by atoms with van der Waals surface area (Å²) >= 11 is 1.05. The van der Waals surface area contributed by atoms with Crippen molar-refractivity contribution in [2.24, 2.45) is 0 Å². The summed E-state index contributed by atoms with van der Waals surface area (Å²) < 4.78 is 39.5. The number of sulfonamides is 1. The highest BCUT2D eigenvalue weighted by Crippen LogP contribution is 2.26. The van der Waals surface area contributed by atoms with Crippen molar-refractivity contribution in [3.8, 4) is 11.5 Å². The minimum atomic E-state index is -3.88. The molecular weight excluding hydrogens is 460 g/mol. The molecule has 4 rings (SSSR count). The number of fused-ring (bicyclic) bond motifs is 1. The highest BCUT2D eigenvalue weighted by atomic mass is 32.2. The van der Waals surface area contributed by atoms with Crippen LogP contribution in [0, 0.1) is 0 Å². The number of hydrogen-bond acceptors (Lipinski definition) is 6. The standard InChI is InChI=1S/C24H22N2O5S2/c1-30-20-13-17(14-21(15-20)31-2)16-26-11-10-19-6-3-5-18(24(19)26)8-9-22(27)25-33(28,29)23-7-4-12-32-23/h3-15H,16H2,1-2H3,(H,25,27)/b9-8+. The molecule has 2 heterocycles. The molecule has 0 fully saturated rings. The second-order valence-electron chi connectivity index (χ2n) is 7.18. The SMILES string of the molecule is COc1cc(Cn2ccc3cccc(/C=C/C(=O)NS(=O)(=O)c4cccs4)c32)cc(OC)c1. The van der Waals surface area contributed by atoms with E-state index < -0.39 is 15.9 Å².